The highest BCUT2D eigenvalue weighted by atomic mass is 32.1. The summed E-state index contributed by atoms with van der Waals surface area (Å²) in [6, 6.07) is 6.95. The predicted molar refractivity (Wildman–Crippen MR) is 92.4 cm³/mol. The summed E-state index contributed by atoms with van der Waals surface area (Å²) >= 11 is 1.54. The molecule has 1 aromatic heterocycles. The standard InChI is InChI=1S/C17H23N3OS/c1-12-7-8-15-14(11-12)17(19-22-15)20(10-9-16(18)21)13-5-3-2-4-6-13/h7-8,11,13H,2-6,9-10H2,1H3,(H2,18,21). The van der Waals surface area contributed by atoms with Gasteiger partial charge in [-0.2, -0.15) is 4.37 Å². The molecule has 5 heteroatoms. The molecule has 0 bridgehead atoms. The Bertz CT molecular complexity index is 661. The zero-order chi connectivity index (χ0) is 15.5. The molecule has 1 amide bonds. The van der Waals surface area contributed by atoms with E-state index in [1.54, 1.807) is 11.5 Å². The highest BCUT2D eigenvalue weighted by Gasteiger charge is 2.25. The number of nitrogens with zero attached hydrogens (tertiary/aromatic N) is 2. The van der Waals surface area contributed by atoms with Crippen LogP contribution in [-0.4, -0.2) is 22.9 Å². The molecule has 2 aromatic rings. The number of nitrogens with two attached hydrogens (primary N) is 1. The summed E-state index contributed by atoms with van der Waals surface area (Å²) in [6.45, 7) is 2.78. The molecule has 4 nitrogen and oxygen atoms in total. The first kappa shape index (κ1) is 15.3. The van der Waals surface area contributed by atoms with E-state index < -0.39 is 0 Å². The summed E-state index contributed by atoms with van der Waals surface area (Å²) < 4.78 is 5.91. The minimum absolute atomic E-state index is 0.239. The lowest BCUT2D eigenvalue weighted by Gasteiger charge is -2.34. The van der Waals surface area contributed by atoms with Crippen LogP contribution in [0.5, 0.6) is 0 Å². The van der Waals surface area contributed by atoms with E-state index in [1.807, 2.05) is 0 Å². The monoisotopic (exact) mass is 317 g/mol. The maximum Gasteiger partial charge on any atom is 0.219 e. The number of amides is 1. The Kier molecular flexibility index (Phi) is 4.62. The average molecular weight is 317 g/mol. The van der Waals surface area contributed by atoms with E-state index in [4.69, 9.17) is 10.1 Å². The van der Waals surface area contributed by atoms with Crippen molar-refractivity contribution in [3.05, 3.63) is 23.8 Å². The van der Waals surface area contributed by atoms with Gasteiger partial charge in [-0.1, -0.05) is 30.9 Å². The Morgan fingerprint density at radius 3 is 2.86 bits per heavy atom. The highest BCUT2D eigenvalue weighted by Crippen LogP contribution is 2.34. The molecule has 1 fully saturated rings. The zero-order valence-electron chi connectivity index (χ0n) is 13.0. The normalized spacial score (nSPS) is 16.0. The number of primary amides is 1. The third-order valence-corrected chi connectivity index (χ3v) is 5.31. The van der Waals surface area contributed by atoms with Crippen molar-refractivity contribution in [1.82, 2.24) is 4.37 Å². The van der Waals surface area contributed by atoms with Crippen molar-refractivity contribution in [2.45, 2.75) is 51.5 Å². The fourth-order valence-corrected chi connectivity index (χ4v) is 4.10. The van der Waals surface area contributed by atoms with E-state index in [0.29, 0.717) is 19.0 Å². The van der Waals surface area contributed by atoms with Gasteiger partial charge in [-0.3, -0.25) is 4.79 Å². The first-order valence-corrected chi connectivity index (χ1v) is 8.83. The van der Waals surface area contributed by atoms with Gasteiger partial charge < -0.3 is 10.6 Å². The molecule has 0 unspecified atom stereocenters. The van der Waals surface area contributed by atoms with Crippen molar-refractivity contribution in [2.24, 2.45) is 5.73 Å². The number of hydrogen-bond acceptors (Lipinski definition) is 4. The first-order chi connectivity index (χ1) is 10.6. The smallest absolute Gasteiger partial charge is 0.219 e. The van der Waals surface area contributed by atoms with Gasteiger partial charge in [0.25, 0.3) is 0 Å². The largest absolute Gasteiger partial charge is 0.370 e. The van der Waals surface area contributed by atoms with E-state index in [0.717, 1.165) is 5.82 Å². The molecular weight excluding hydrogens is 294 g/mol. The third-order valence-electron chi connectivity index (χ3n) is 4.49. The lowest BCUT2D eigenvalue weighted by Crippen LogP contribution is -2.39. The fraction of sp³-hybridized carbons (Fsp3) is 0.529. The Labute approximate surface area is 135 Å². The fourth-order valence-electron chi connectivity index (χ4n) is 3.33. The molecule has 22 heavy (non-hydrogen) atoms. The SMILES string of the molecule is Cc1ccc2snc(N(CCC(N)=O)C3CCCCC3)c2c1. The highest BCUT2D eigenvalue weighted by molar-refractivity contribution is 7.13. The van der Waals surface area contributed by atoms with E-state index in [9.17, 15) is 4.79 Å². The van der Waals surface area contributed by atoms with Crippen LogP contribution >= 0.6 is 11.5 Å². The molecule has 2 N–H and O–H groups in total. The van der Waals surface area contributed by atoms with Gasteiger partial charge in [0.1, 0.15) is 5.82 Å². The van der Waals surface area contributed by atoms with Gasteiger partial charge in [-0.15, -0.1) is 0 Å². The number of carbonyl (C=O) groups excluding carboxylic acids is 1. The van der Waals surface area contributed by atoms with Gasteiger partial charge in [0.15, 0.2) is 0 Å². The Hall–Kier alpha value is -1.62. The number of carbonyl (C=O) groups is 1. The molecule has 1 aromatic carbocycles. The van der Waals surface area contributed by atoms with Crippen LogP contribution < -0.4 is 10.6 Å². The number of rotatable bonds is 5. The van der Waals surface area contributed by atoms with E-state index in [1.165, 1.54) is 47.8 Å². The van der Waals surface area contributed by atoms with Crippen LogP contribution in [0.4, 0.5) is 5.82 Å². The Balaban J connectivity index is 1.94. The molecule has 0 radical (unpaired) electrons. The third kappa shape index (κ3) is 3.24. The quantitative estimate of drug-likeness (QED) is 0.916. The number of aryl methyl sites for hydroxylation is 1. The van der Waals surface area contributed by atoms with Crippen molar-refractivity contribution in [2.75, 3.05) is 11.4 Å². The van der Waals surface area contributed by atoms with Crippen molar-refractivity contribution >= 4 is 33.3 Å². The minimum Gasteiger partial charge on any atom is -0.370 e. The maximum atomic E-state index is 11.3. The molecule has 3 rings (SSSR count). The lowest BCUT2D eigenvalue weighted by molar-refractivity contribution is -0.117. The molecule has 0 saturated heterocycles. The van der Waals surface area contributed by atoms with Crippen LogP contribution in [0.1, 0.15) is 44.1 Å². The van der Waals surface area contributed by atoms with Crippen LogP contribution in [-0.2, 0) is 4.79 Å². The van der Waals surface area contributed by atoms with Crippen LogP contribution in [0.3, 0.4) is 0 Å². The molecule has 1 aliphatic rings. The van der Waals surface area contributed by atoms with Crippen LogP contribution in [0.15, 0.2) is 18.2 Å². The summed E-state index contributed by atoms with van der Waals surface area (Å²) in [6.07, 6.45) is 6.60. The molecular formula is C17H23N3OS. The second kappa shape index (κ2) is 6.65. The van der Waals surface area contributed by atoms with E-state index >= 15 is 0 Å². The molecule has 1 heterocycles. The average Bonchev–Trinajstić information content (AvgIpc) is 2.91. The van der Waals surface area contributed by atoms with Crippen molar-refractivity contribution < 1.29 is 4.79 Å². The maximum absolute atomic E-state index is 11.3. The first-order valence-electron chi connectivity index (χ1n) is 8.06. The topological polar surface area (TPSA) is 59.2 Å². The summed E-state index contributed by atoms with van der Waals surface area (Å²) in [7, 11) is 0. The Morgan fingerprint density at radius 2 is 2.14 bits per heavy atom. The molecule has 118 valence electrons. The summed E-state index contributed by atoms with van der Waals surface area (Å²) in [5.41, 5.74) is 6.62. The van der Waals surface area contributed by atoms with E-state index in [2.05, 4.69) is 30.0 Å². The van der Waals surface area contributed by atoms with Crippen LogP contribution in [0, 0.1) is 6.92 Å². The van der Waals surface area contributed by atoms with Crippen LogP contribution in [0.2, 0.25) is 0 Å². The minimum atomic E-state index is -0.239. The summed E-state index contributed by atoms with van der Waals surface area (Å²) in [4.78, 5) is 13.6. The van der Waals surface area contributed by atoms with Gasteiger partial charge in [0.2, 0.25) is 5.91 Å². The predicted octanol–water partition coefficient (Wildman–Crippen LogP) is 3.62. The molecule has 0 atom stereocenters. The van der Waals surface area contributed by atoms with Gasteiger partial charge in [-0.25, -0.2) is 0 Å². The number of anilines is 1. The zero-order valence-corrected chi connectivity index (χ0v) is 13.9. The lowest BCUT2D eigenvalue weighted by atomic mass is 9.94. The molecule has 1 aliphatic carbocycles. The Morgan fingerprint density at radius 1 is 1.36 bits per heavy atom. The van der Waals surface area contributed by atoms with Crippen molar-refractivity contribution in [3.63, 3.8) is 0 Å². The summed E-state index contributed by atoms with van der Waals surface area (Å²) in [5, 5.41) is 1.21. The van der Waals surface area contributed by atoms with Gasteiger partial charge >= 0.3 is 0 Å². The van der Waals surface area contributed by atoms with Crippen molar-refractivity contribution in [3.8, 4) is 0 Å². The number of benzene rings is 1. The molecule has 0 spiro atoms. The molecule has 1 saturated carbocycles. The van der Waals surface area contributed by atoms with Gasteiger partial charge in [0, 0.05) is 24.4 Å². The van der Waals surface area contributed by atoms with E-state index in [-0.39, 0.29) is 5.91 Å². The second-order valence-electron chi connectivity index (χ2n) is 6.21. The second-order valence-corrected chi connectivity index (χ2v) is 7.01. The summed E-state index contributed by atoms with van der Waals surface area (Å²) in [5.74, 6) is 0.799. The van der Waals surface area contributed by atoms with Gasteiger partial charge in [-0.05, 0) is 43.4 Å². The van der Waals surface area contributed by atoms with Gasteiger partial charge in [0.05, 0.1) is 4.70 Å². The number of hydrogen-bond donors (Lipinski definition) is 1. The number of aromatic nitrogens is 1. The molecule has 0 aliphatic heterocycles. The number of fused-ring (bicyclic) bond motifs is 1. The van der Waals surface area contributed by atoms with Crippen molar-refractivity contribution in [1.29, 1.82) is 0 Å². The van der Waals surface area contributed by atoms with Crippen LogP contribution in [0.25, 0.3) is 10.1 Å².